The van der Waals surface area contributed by atoms with Crippen molar-refractivity contribution in [3.63, 3.8) is 0 Å². The fourth-order valence-corrected chi connectivity index (χ4v) is 4.25. The van der Waals surface area contributed by atoms with Gasteiger partial charge in [-0.05, 0) is 39.7 Å². The van der Waals surface area contributed by atoms with Gasteiger partial charge in [0.05, 0.1) is 4.90 Å². The number of ether oxygens (including phenoxy) is 2. The highest BCUT2D eigenvalue weighted by molar-refractivity contribution is 7.91. The molecule has 1 fully saturated rings. The second-order valence-corrected chi connectivity index (χ2v) is 9.42. The maximum Gasteiger partial charge on any atom is 0.410 e. The van der Waals surface area contributed by atoms with E-state index in [4.69, 9.17) is 4.74 Å². The minimum absolute atomic E-state index is 0.152. The zero-order valence-corrected chi connectivity index (χ0v) is 16.6. The first-order valence-electron chi connectivity index (χ1n) is 8.67. The molecule has 28 heavy (non-hydrogen) atoms. The Bertz CT molecular complexity index is 773. The highest BCUT2D eigenvalue weighted by atomic mass is 32.2. The molecule has 1 aromatic heterocycles. The Morgan fingerprint density at radius 1 is 1.21 bits per heavy atom. The van der Waals surface area contributed by atoms with Crippen molar-refractivity contribution in [1.29, 1.82) is 0 Å². The molecular weight excluding hydrogens is 401 g/mol. The van der Waals surface area contributed by atoms with Crippen LogP contribution in [-0.4, -0.2) is 55.2 Å². The lowest BCUT2D eigenvalue weighted by Crippen LogP contribution is -2.44. The molecule has 1 amide bonds. The number of sulfone groups is 1. The van der Waals surface area contributed by atoms with E-state index >= 15 is 0 Å². The van der Waals surface area contributed by atoms with Crippen molar-refractivity contribution < 1.29 is 35.9 Å². The van der Waals surface area contributed by atoms with E-state index in [2.05, 4.69) is 9.72 Å². The topological polar surface area (TPSA) is 85.8 Å². The van der Waals surface area contributed by atoms with E-state index < -0.39 is 50.3 Å². The van der Waals surface area contributed by atoms with Crippen LogP contribution in [0.1, 0.15) is 33.6 Å². The average molecular weight is 424 g/mol. The van der Waals surface area contributed by atoms with Crippen LogP contribution in [0.2, 0.25) is 0 Å². The molecule has 1 atom stereocenters. The standard InChI is InChI=1S/C17H23F3N2O5S/c1-17(2,3)27-16(23)22-8-6-11(7-9-22)14(18)28(24,25)12-4-5-13(21-10-12)26-15(19)20/h4-5,10-11,14-15H,6-9H2,1-3H3. The fourth-order valence-electron chi connectivity index (χ4n) is 2.75. The number of likely N-dealkylation sites (tertiary alicyclic amines) is 1. The van der Waals surface area contributed by atoms with Gasteiger partial charge in [0.2, 0.25) is 21.2 Å². The summed E-state index contributed by atoms with van der Waals surface area (Å²) < 4.78 is 73.2. The maximum atomic E-state index is 14.8. The lowest BCUT2D eigenvalue weighted by Gasteiger charge is -2.34. The number of pyridine rings is 1. The molecule has 0 bridgehead atoms. The highest BCUT2D eigenvalue weighted by Gasteiger charge is 2.38. The first-order chi connectivity index (χ1) is 12.9. The summed E-state index contributed by atoms with van der Waals surface area (Å²) in [6, 6.07) is 1.92. The largest absolute Gasteiger partial charge is 0.444 e. The molecule has 11 heteroatoms. The lowest BCUT2D eigenvalue weighted by atomic mass is 9.98. The molecule has 7 nitrogen and oxygen atoms in total. The van der Waals surface area contributed by atoms with Gasteiger partial charge in [-0.3, -0.25) is 0 Å². The van der Waals surface area contributed by atoms with E-state index in [1.807, 2.05) is 0 Å². The summed E-state index contributed by atoms with van der Waals surface area (Å²) in [4.78, 5) is 16.5. The third-order valence-electron chi connectivity index (χ3n) is 4.11. The van der Waals surface area contributed by atoms with Crippen LogP contribution in [0.5, 0.6) is 5.88 Å². The first kappa shape index (κ1) is 22.3. The van der Waals surface area contributed by atoms with Crippen molar-refractivity contribution in [2.24, 2.45) is 5.92 Å². The maximum absolute atomic E-state index is 14.8. The van der Waals surface area contributed by atoms with E-state index in [9.17, 15) is 26.4 Å². The van der Waals surface area contributed by atoms with Gasteiger partial charge < -0.3 is 14.4 Å². The van der Waals surface area contributed by atoms with E-state index in [1.54, 1.807) is 20.8 Å². The molecule has 0 radical (unpaired) electrons. The number of nitrogens with zero attached hydrogens (tertiary/aromatic N) is 2. The van der Waals surface area contributed by atoms with Gasteiger partial charge in [-0.15, -0.1) is 0 Å². The van der Waals surface area contributed by atoms with Crippen LogP contribution in [0.25, 0.3) is 0 Å². The van der Waals surface area contributed by atoms with Crippen LogP contribution in [0, 0.1) is 5.92 Å². The van der Waals surface area contributed by atoms with Gasteiger partial charge in [-0.1, -0.05) is 0 Å². The normalized spacial score (nSPS) is 17.5. The van der Waals surface area contributed by atoms with Crippen molar-refractivity contribution in [3.8, 4) is 5.88 Å². The molecule has 2 rings (SSSR count). The zero-order valence-electron chi connectivity index (χ0n) is 15.8. The van der Waals surface area contributed by atoms with E-state index in [0.717, 1.165) is 18.3 Å². The Morgan fingerprint density at radius 2 is 1.82 bits per heavy atom. The van der Waals surface area contributed by atoms with Crippen LogP contribution < -0.4 is 4.74 Å². The molecule has 0 aromatic carbocycles. The summed E-state index contributed by atoms with van der Waals surface area (Å²) >= 11 is 0. The van der Waals surface area contributed by atoms with Crippen LogP contribution in [-0.2, 0) is 14.6 Å². The third kappa shape index (κ3) is 5.73. The predicted octanol–water partition coefficient (Wildman–Crippen LogP) is 3.40. The van der Waals surface area contributed by atoms with Crippen LogP contribution in [0.4, 0.5) is 18.0 Å². The summed E-state index contributed by atoms with van der Waals surface area (Å²) in [5.41, 5.74) is -2.86. The smallest absolute Gasteiger partial charge is 0.410 e. The number of rotatable bonds is 5. The van der Waals surface area contributed by atoms with Crippen LogP contribution in [0.3, 0.4) is 0 Å². The molecule has 1 aliphatic rings. The molecule has 0 saturated carbocycles. The second kappa shape index (κ2) is 8.54. The van der Waals surface area contributed by atoms with E-state index in [1.165, 1.54) is 4.90 Å². The van der Waals surface area contributed by atoms with Crippen LogP contribution >= 0.6 is 0 Å². The molecule has 1 aromatic rings. The molecule has 2 heterocycles. The molecule has 1 aliphatic heterocycles. The molecular formula is C17H23F3N2O5S. The minimum Gasteiger partial charge on any atom is -0.444 e. The Morgan fingerprint density at radius 3 is 2.29 bits per heavy atom. The Hall–Kier alpha value is -2.04. The number of piperidine rings is 1. The van der Waals surface area contributed by atoms with Crippen molar-refractivity contribution in [1.82, 2.24) is 9.88 Å². The average Bonchev–Trinajstić information content (AvgIpc) is 2.59. The Labute approximate surface area is 161 Å². The molecule has 0 N–H and O–H groups in total. The second-order valence-electron chi connectivity index (χ2n) is 7.41. The number of halogens is 3. The molecule has 0 aliphatic carbocycles. The molecule has 1 unspecified atom stereocenters. The summed E-state index contributed by atoms with van der Waals surface area (Å²) in [7, 11) is -4.36. The summed E-state index contributed by atoms with van der Waals surface area (Å²) in [5.74, 6) is -1.27. The number of amides is 1. The number of alkyl halides is 3. The van der Waals surface area contributed by atoms with Crippen molar-refractivity contribution in [2.45, 2.75) is 56.2 Å². The fraction of sp³-hybridized carbons (Fsp3) is 0.647. The number of hydrogen-bond acceptors (Lipinski definition) is 6. The van der Waals surface area contributed by atoms with Crippen molar-refractivity contribution >= 4 is 15.9 Å². The van der Waals surface area contributed by atoms with Gasteiger partial charge in [-0.2, -0.15) is 8.78 Å². The quantitative estimate of drug-likeness (QED) is 0.720. The third-order valence-corrected chi connectivity index (χ3v) is 5.98. The molecule has 1 saturated heterocycles. The summed E-state index contributed by atoms with van der Waals surface area (Å²) in [5, 5.41) is 0. The van der Waals surface area contributed by atoms with Crippen molar-refractivity contribution in [3.05, 3.63) is 18.3 Å². The van der Waals surface area contributed by atoms with Gasteiger partial charge in [0.25, 0.3) is 0 Å². The zero-order chi connectivity index (χ0) is 21.1. The Kier molecular flexibility index (Phi) is 6.79. The Balaban J connectivity index is 2.00. The number of hydrogen-bond donors (Lipinski definition) is 0. The summed E-state index contributed by atoms with van der Waals surface area (Å²) in [6.07, 6.45) is 0.567. The molecule has 158 valence electrons. The summed E-state index contributed by atoms with van der Waals surface area (Å²) in [6.45, 7) is 2.44. The number of carbonyl (C=O) groups excluding carboxylic acids is 1. The highest BCUT2D eigenvalue weighted by Crippen LogP contribution is 2.30. The predicted molar refractivity (Wildman–Crippen MR) is 93.5 cm³/mol. The van der Waals surface area contributed by atoms with Gasteiger partial charge in [0, 0.05) is 31.3 Å². The first-order valence-corrected chi connectivity index (χ1v) is 10.2. The van der Waals surface area contributed by atoms with Crippen LogP contribution in [0.15, 0.2) is 23.2 Å². The van der Waals surface area contributed by atoms with E-state index in [0.29, 0.717) is 0 Å². The van der Waals surface area contributed by atoms with Crippen molar-refractivity contribution in [2.75, 3.05) is 13.1 Å². The SMILES string of the molecule is CC(C)(C)OC(=O)N1CCC(C(F)S(=O)(=O)c2ccc(OC(F)F)nc2)CC1. The van der Waals surface area contributed by atoms with Gasteiger partial charge in [0.15, 0.2) is 0 Å². The van der Waals surface area contributed by atoms with Gasteiger partial charge in [-0.25, -0.2) is 22.6 Å². The number of carbonyl (C=O) groups is 1. The van der Waals surface area contributed by atoms with Gasteiger partial charge in [0.1, 0.15) is 5.60 Å². The minimum atomic E-state index is -4.36. The van der Waals surface area contributed by atoms with Gasteiger partial charge >= 0.3 is 12.7 Å². The number of aromatic nitrogens is 1. The lowest BCUT2D eigenvalue weighted by molar-refractivity contribution is -0.0529. The molecule has 0 spiro atoms. The monoisotopic (exact) mass is 424 g/mol. The van der Waals surface area contributed by atoms with E-state index in [-0.39, 0.29) is 25.9 Å².